The normalized spacial score (nSPS) is 20.3. The number of likely N-dealkylation sites (N-methyl/N-ethyl adjacent to an activating group) is 1. The average molecular weight is 323 g/mol. The molecule has 1 aliphatic carbocycles. The van der Waals surface area contributed by atoms with E-state index in [-0.39, 0.29) is 23.8 Å². The molecule has 0 saturated heterocycles. The van der Waals surface area contributed by atoms with Gasteiger partial charge in [-0.1, -0.05) is 67.1 Å². The molecule has 0 spiro atoms. The molecular weight excluding hydrogens is 298 g/mol. The molecule has 0 radical (unpaired) electrons. The van der Waals surface area contributed by atoms with Crippen molar-refractivity contribution >= 4 is 5.91 Å². The summed E-state index contributed by atoms with van der Waals surface area (Å²) in [5.74, 6) is -0.00593. The fraction of sp³-hybridized carbons (Fsp3) is 0.381. The molecular formula is C21H25NO2. The van der Waals surface area contributed by atoms with Crippen molar-refractivity contribution in [3.8, 4) is 0 Å². The Bertz CT molecular complexity index is 617. The van der Waals surface area contributed by atoms with E-state index in [1.54, 1.807) is 4.90 Å². The van der Waals surface area contributed by atoms with Gasteiger partial charge < -0.3 is 10.0 Å². The summed E-state index contributed by atoms with van der Waals surface area (Å²) in [4.78, 5) is 15.0. The first kappa shape index (κ1) is 16.7. The molecule has 2 atom stereocenters. The summed E-state index contributed by atoms with van der Waals surface area (Å²) >= 11 is 0. The first-order valence-electron chi connectivity index (χ1n) is 8.69. The molecule has 1 fully saturated rings. The van der Waals surface area contributed by atoms with E-state index in [9.17, 15) is 9.90 Å². The first-order chi connectivity index (χ1) is 11.7. The van der Waals surface area contributed by atoms with E-state index in [1.807, 2.05) is 67.7 Å². The maximum absolute atomic E-state index is 13.2. The lowest BCUT2D eigenvalue weighted by atomic mass is 9.89. The van der Waals surface area contributed by atoms with Crippen LogP contribution in [0.3, 0.4) is 0 Å². The first-order valence-corrected chi connectivity index (χ1v) is 8.69. The van der Waals surface area contributed by atoms with Gasteiger partial charge in [0.05, 0.1) is 12.0 Å². The Morgan fingerprint density at radius 3 is 2.04 bits per heavy atom. The fourth-order valence-corrected chi connectivity index (χ4v) is 3.66. The van der Waals surface area contributed by atoms with Crippen molar-refractivity contribution in [1.29, 1.82) is 0 Å². The van der Waals surface area contributed by atoms with E-state index in [0.717, 1.165) is 30.4 Å². The number of aliphatic hydroxyl groups excluding tert-OH is 1. The number of benzene rings is 2. The number of carbonyl (C=O) groups excluding carboxylic acids is 1. The number of rotatable bonds is 5. The second-order valence-electron chi connectivity index (χ2n) is 6.73. The van der Waals surface area contributed by atoms with E-state index >= 15 is 0 Å². The Labute approximate surface area is 143 Å². The SMILES string of the molecule is CN(CC1CCCC1O)C(=O)C(c1ccccc1)c1ccccc1. The minimum Gasteiger partial charge on any atom is -0.393 e. The zero-order valence-electron chi connectivity index (χ0n) is 14.1. The van der Waals surface area contributed by atoms with Crippen molar-refractivity contribution in [2.45, 2.75) is 31.3 Å². The van der Waals surface area contributed by atoms with Crippen LogP contribution in [0.2, 0.25) is 0 Å². The minimum absolute atomic E-state index is 0.0894. The summed E-state index contributed by atoms with van der Waals surface area (Å²) < 4.78 is 0. The molecule has 3 heteroatoms. The molecule has 0 bridgehead atoms. The predicted molar refractivity (Wildman–Crippen MR) is 95.7 cm³/mol. The topological polar surface area (TPSA) is 40.5 Å². The van der Waals surface area contributed by atoms with Gasteiger partial charge in [0, 0.05) is 19.5 Å². The number of nitrogens with zero attached hydrogens (tertiary/aromatic N) is 1. The van der Waals surface area contributed by atoms with Gasteiger partial charge in [0.15, 0.2) is 0 Å². The Morgan fingerprint density at radius 1 is 1.04 bits per heavy atom. The minimum atomic E-state index is -0.295. The molecule has 2 aromatic carbocycles. The Balaban J connectivity index is 1.83. The highest BCUT2D eigenvalue weighted by molar-refractivity contribution is 5.87. The zero-order valence-corrected chi connectivity index (χ0v) is 14.1. The summed E-state index contributed by atoms with van der Waals surface area (Å²) in [6.07, 6.45) is 2.63. The number of aliphatic hydroxyl groups is 1. The monoisotopic (exact) mass is 323 g/mol. The van der Waals surface area contributed by atoms with Gasteiger partial charge in [0.2, 0.25) is 5.91 Å². The van der Waals surface area contributed by atoms with E-state index in [1.165, 1.54) is 0 Å². The highest BCUT2D eigenvalue weighted by Gasteiger charge is 2.31. The largest absolute Gasteiger partial charge is 0.393 e. The quantitative estimate of drug-likeness (QED) is 0.916. The summed E-state index contributed by atoms with van der Waals surface area (Å²) in [6.45, 7) is 0.621. The molecule has 1 aliphatic rings. The lowest BCUT2D eigenvalue weighted by Crippen LogP contribution is -2.37. The van der Waals surface area contributed by atoms with Gasteiger partial charge >= 0.3 is 0 Å². The van der Waals surface area contributed by atoms with Gasteiger partial charge in [-0.15, -0.1) is 0 Å². The molecule has 0 heterocycles. The third-order valence-corrected chi connectivity index (χ3v) is 5.02. The van der Waals surface area contributed by atoms with Crippen LogP contribution in [0, 0.1) is 5.92 Å². The van der Waals surface area contributed by atoms with Crippen molar-refractivity contribution < 1.29 is 9.90 Å². The van der Waals surface area contributed by atoms with Gasteiger partial charge in [0.25, 0.3) is 0 Å². The summed E-state index contributed by atoms with van der Waals surface area (Å²) in [6, 6.07) is 19.9. The van der Waals surface area contributed by atoms with Crippen LogP contribution in [0.4, 0.5) is 0 Å². The molecule has 24 heavy (non-hydrogen) atoms. The van der Waals surface area contributed by atoms with E-state index < -0.39 is 0 Å². The summed E-state index contributed by atoms with van der Waals surface area (Å²) in [5, 5.41) is 10.1. The maximum atomic E-state index is 13.2. The third kappa shape index (κ3) is 3.68. The highest BCUT2D eigenvalue weighted by Crippen LogP contribution is 2.29. The second kappa shape index (κ2) is 7.63. The fourth-order valence-electron chi connectivity index (χ4n) is 3.66. The molecule has 0 aliphatic heterocycles. The van der Waals surface area contributed by atoms with Crippen molar-refractivity contribution in [3.63, 3.8) is 0 Å². The lowest BCUT2D eigenvalue weighted by Gasteiger charge is -2.28. The van der Waals surface area contributed by atoms with Crippen molar-refractivity contribution in [2.24, 2.45) is 5.92 Å². The molecule has 2 aromatic rings. The van der Waals surface area contributed by atoms with Crippen LogP contribution < -0.4 is 0 Å². The van der Waals surface area contributed by atoms with Gasteiger partial charge in [0.1, 0.15) is 0 Å². The lowest BCUT2D eigenvalue weighted by molar-refractivity contribution is -0.131. The molecule has 2 unspecified atom stereocenters. The summed E-state index contributed by atoms with van der Waals surface area (Å²) in [7, 11) is 1.85. The predicted octanol–water partition coefficient (Wildman–Crippen LogP) is 3.44. The standard InChI is InChI=1S/C21H25NO2/c1-22(15-18-13-8-14-19(18)23)21(24)20(16-9-4-2-5-10-16)17-11-6-3-7-12-17/h2-7,9-12,18-20,23H,8,13-15H2,1H3. The van der Waals surface area contributed by atoms with Gasteiger partial charge in [-0.3, -0.25) is 4.79 Å². The summed E-state index contributed by atoms with van der Waals surface area (Å²) in [5.41, 5.74) is 2.01. The third-order valence-electron chi connectivity index (χ3n) is 5.02. The molecule has 126 valence electrons. The van der Waals surface area contributed by atoms with Crippen LogP contribution in [0.15, 0.2) is 60.7 Å². The Morgan fingerprint density at radius 2 is 1.58 bits per heavy atom. The molecule has 1 saturated carbocycles. The average Bonchev–Trinajstić information content (AvgIpc) is 3.02. The van der Waals surface area contributed by atoms with E-state index in [4.69, 9.17) is 0 Å². The second-order valence-corrected chi connectivity index (χ2v) is 6.73. The number of hydrogen-bond acceptors (Lipinski definition) is 2. The van der Waals surface area contributed by atoms with Gasteiger partial charge in [-0.2, -0.15) is 0 Å². The van der Waals surface area contributed by atoms with E-state index in [2.05, 4.69) is 0 Å². The van der Waals surface area contributed by atoms with Crippen LogP contribution in [-0.2, 0) is 4.79 Å². The van der Waals surface area contributed by atoms with Crippen LogP contribution in [-0.4, -0.2) is 35.6 Å². The van der Waals surface area contributed by atoms with Crippen LogP contribution >= 0.6 is 0 Å². The molecule has 3 rings (SSSR count). The Hall–Kier alpha value is -2.13. The zero-order chi connectivity index (χ0) is 16.9. The van der Waals surface area contributed by atoms with E-state index in [0.29, 0.717) is 6.54 Å². The molecule has 1 amide bonds. The van der Waals surface area contributed by atoms with Crippen molar-refractivity contribution in [3.05, 3.63) is 71.8 Å². The number of hydrogen-bond donors (Lipinski definition) is 1. The smallest absolute Gasteiger partial charge is 0.234 e. The maximum Gasteiger partial charge on any atom is 0.234 e. The number of amides is 1. The molecule has 1 N–H and O–H groups in total. The van der Waals surface area contributed by atoms with Crippen molar-refractivity contribution in [1.82, 2.24) is 4.90 Å². The molecule has 0 aromatic heterocycles. The van der Waals surface area contributed by atoms with Crippen LogP contribution in [0.1, 0.15) is 36.3 Å². The molecule has 3 nitrogen and oxygen atoms in total. The van der Waals surface area contributed by atoms with Crippen molar-refractivity contribution in [2.75, 3.05) is 13.6 Å². The van der Waals surface area contributed by atoms with Gasteiger partial charge in [-0.05, 0) is 24.0 Å². The van der Waals surface area contributed by atoms with Crippen LogP contribution in [0.5, 0.6) is 0 Å². The van der Waals surface area contributed by atoms with Gasteiger partial charge in [-0.25, -0.2) is 0 Å². The van der Waals surface area contributed by atoms with Crippen LogP contribution in [0.25, 0.3) is 0 Å². The number of carbonyl (C=O) groups is 1. The Kier molecular flexibility index (Phi) is 5.31. The highest BCUT2D eigenvalue weighted by atomic mass is 16.3.